The molecule has 2 aromatic rings. The van der Waals surface area contributed by atoms with Gasteiger partial charge in [-0.05, 0) is 18.6 Å². The molecule has 2 aromatic heterocycles. The Labute approximate surface area is 141 Å². The number of nitrogens with zero attached hydrogens (tertiary/aromatic N) is 2. The van der Waals surface area contributed by atoms with Crippen molar-refractivity contribution in [3.05, 3.63) is 57.0 Å². The highest BCUT2D eigenvalue weighted by molar-refractivity contribution is 5.93. The lowest BCUT2D eigenvalue weighted by molar-refractivity contribution is 0.0919. The minimum atomic E-state index is -1.45. The summed E-state index contributed by atoms with van der Waals surface area (Å²) in [6, 6.07) is 1.68. The summed E-state index contributed by atoms with van der Waals surface area (Å²) >= 11 is 0. The molecule has 134 valence electrons. The Bertz CT molecular complexity index is 867. The molecular weight excluding hydrogens is 333 g/mol. The second-order valence-corrected chi connectivity index (χ2v) is 5.35. The van der Waals surface area contributed by atoms with Crippen molar-refractivity contribution in [1.29, 1.82) is 0 Å². The van der Waals surface area contributed by atoms with Crippen LogP contribution in [-0.4, -0.2) is 27.6 Å². The molecule has 1 N–H and O–H groups in total. The maximum atomic E-state index is 13.8. The van der Waals surface area contributed by atoms with Gasteiger partial charge in [0.25, 0.3) is 5.56 Å². The smallest absolute Gasteiger partial charge is 0.346 e. The number of nitrogens with one attached hydrogen (secondary N) is 1. The van der Waals surface area contributed by atoms with Gasteiger partial charge >= 0.3 is 17.6 Å². The van der Waals surface area contributed by atoms with Crippen LogP contribution in [0, 0.1) is 5.82 Å². The third kappa shape index (κ3) is 4.11. The predicted molar refractivity (Wildman–Crippen MR) is 86.3 cm³/mol. The number of hydrogen-bond acceptors (Lipinski definition) is 5. The molecular formula is C16H18FN3O5. The van der Waals surface area contributed by atoms with E-state index < -0.39 is 29.0 Å². The highest BCUT2D eigenvalue weighted by atomic mass is 19.1. The molecule has 0 aliphatic rings. The summed E-state index contributed by atoms with van der Waals surface area (Å²) in [6.07, 6.45) is 5.26. The standard InChI is InChI=1S/C16H18FN3O5/c1-2-3-4-5-8-18-15(23)19-10-11(17)13(21)20(16(19)24)14(22)12-7-6-9-25-12/h6-7,9-10H,2-5,8H2,1H3,(H,18,23). The number of hydrogen-bond donors (Lipinski definition) is 1. The number of carbonyl (C=O) groups is 2. The molecule has 0 spiro atoms. The molecule has 0 atom stereocenters. The van der Waals surface area contributed by atoms with Crippen LogP contribution < -0.4 is 16.6 Å². The van der Waals surface area contributed by atoms with Crippen molar-refractivity contribution < 1.29 is 18.4 Å². The molecule has 8 nitrogen and oxygen atoms in total. The van der Waals surface area contributed by atoms with Gasteiger partial charge in [-0.2, -0.15) is 8.96 Å². The maximum absolute atomic E-state index is 13.8. The topological polar surface area (TPSA) is 103 Å². The number of furan rings is 1. The van der Waals surface area contributed by atoms with Crippen LogP contribution in [0.25, 0.3) is 0 Å². The van der Waals surface area contributed by atoms with Crippen LogP contribution in [0.4, 0.5) is 9.18 Å². The Morgan fingerprint density at radius 1 is 1.24 bits per heavy atom. The van der Waals surface area contributed by atoms with Gasteiger partial charge in [0.05, 0.1) is 12.5 Å². The summed E-state index contributed by atoms with van der Waals surface area (Å²) in [7, 11) is 0. The van der Waals surface area contributed by atoms with E-state index in [1.807, 2.05) is 6.92 Å². The van der Waals surface area contributed by atoms with Gasteiger partial charge in [-0.25, -0.2) is 14.2 Å². The summed E-state index contributed by atoms with van der Waals surface area (Å²) in [5, 5.41) is 2.45. The van der Waals surface area contributed by atoms with E-state index in [9.17, 15) is 23.6 Å². The van der Waals surface area contributed by atoms with Crippen LogP contribution in [0.2, 0.25) is 0 Å². The van der Waals surface area contributed by atoms with E-state index in [4.69, 9.17) is 4.42 Å². The molecule has 0 unspecified atom stereocenters. The van der Waals surface area contributed by atoms with Gasteiger partial charge < -0.3 is 9.73 Å². The number of halogens is 1. The van der Waals surface area contributed by atoms with Crippen LogP contribution in [0.1, 0.15) is 43.2 Å². The lowest BCUT2D eigenvalue weighted by atomic mass is 10.2. The Kier molecular flexibility index (Phi) is 6.04. The second kappa shape index (κ2) is 8.22. The molecule has 0 aliphatic carbocycles. The molecule has 2 heterocycles. The quantitative estimate of drug-likeness (QED) is 0.796. The van der Waals surface area contributed by atoms with Crippen molar-refractivity contribution in [3.63, 3.8) is 0 Å². The Hall–Kier alpha value is -2.97. The fourth-order valence-electron chi connectivity index (χ4n) is 2.19. The molecule has 25 heavy (non-hydrogen) atoms. The molecule has 0 aliphatic heterocycles. The second-order valence-electron chi connectivity index (χ2n) is 5.35. The SMILES string of the molecule is CCCCCCNC(=O)n1cc(F)c(=O)n(C(=O)c2ccco2)c1=O. The number of unbranched alkanes of at least 4 members (excludes halogenated alkanes) is 3. The fourth-order valence-corrected chi connectivity index (χ4v) is 2.19. The predicted octanol–water partition coefficient (Wildman–Crippen LogP) is 1.57. The maximum Gasteiger partial charge on any atom is 0.346 e. The van der Waals surface area contributed by atoms with E-state index in [0.717, 1.165) is 19.3 Å². The minimum absolute atomic E-state index is 0.0326. The first-order chi connectivity index (χ1) is 12.0. The van der Waals surface area contributed by atoms with Gasteiger partial charge in [0, 0.05) is 6.54 Å². The van der Waals surface area contributed by atoms with Crippen molar-refractivity contribution in [2.24, 2.45) is 0 Å². The number of carbonyl (C=O) groups excluding carboxylic acids is 2. The molecule has 0 radical (unpaired) electrons. The molecule has 0 saturated carbocycles. The highest BCUT2D eigenvalue weighted by Gasteiger charge is 2.22. The Morgan fingerprint density at radius 3 is 2.64 bits per heavy atom. The lowest BCUT2D eigenvalue weighted by Gasteiger charge is -2.09. The van der Waals surface area contributed by atoms with Crippen LogP contribution in [-0.2, 0) is 0 Å². The fraction of sp³-hybridized carbons (Fsp3) is 0.375. The monoisotopic (exact) mass is 351 g/mol. The van der Waals surface area contributed by atoms with Crippen LogP contribution >= 0.6 is 0 Å². The first kappa shape index (κ1) is 18.4. The van der Waals surface area contributed by atoms with E-state index in [2.05, 4.69) is 5.32 Å². The third-order valence-electron chi connectivity index (χ3n) is 3.51. The molecule has 2 rings (SSSR count). The third-order valence-corrected chi connectivity index (χ3v) is 3.51. The molecule has 0 bridgehead atoms. The summed E-state index contributed by atoms with van der Waals surface area (Å²) in [4.78, 5) is 48.3. The van der Waals surface area contributed by atoms with Crippen molar-refractivity contribution in [2.75, 3.05) is 6.54 Å². The summed E-state index contributed by atoms with van der Waals surface area (Å²) < 4.78 is 19.0. The zero-order chi connectivity index (χ0) is 18.4. The van der Waals surface area contributed by atoms with Gasteiger partial charge in [0.1, 0.15) is 0 Å². The van der Waals surface area contributed by atoms with Gasteiger partial charge in [-0.1, -0.05) is 26.2 Å². The zero-order valence-corrected chi connectivity index (χ0v) is 13.7. The van der Waals surface area contributed by atoms with Crippen molar-refractivity contribution >= 4 is 11.9 Å². The molecule has 0 aromatic carbocycles. The van der Waals surface area contributed by atoms with Crippen molar-refractivity contribution in [3.8, 4) is 0 Å². The van der Waals surface area contributed by atoms with Gasteiger partial charge in [-0.3, -0.25) is 9.59 Å². The minimum Gasteiger partial charge on any atom is -0.459 e. The van der Waals surface area contributed by atoms with Crippen LogP contribution in [0.3, 0.4) is 0 Å². The highest BCUT2D eigenvalue weighted by Crippen LogP contribution is 2.01. The van der Waals surface area contributed by atoms with Crippen molar-refractivity contribution in [1.82, 2.24) is 14.5 Å². The van der Waals surface area contributed by atoms with Gasteiger partial charge in [0.15, 0.2) is 5.76 Å². The Morgan fingerprint density at radius 2 is 2.00 bits per heavy atom. The van der Waals surface area contributed by atoms with E-state index in [0.29, 0.717) is 17.2 Å². The number of aromatic nitrogens is 2. The summed E-state index contributed by atoms with van der Waals surface area (Å²) in [5.41, 5.74) is -2.71. The Balaban J connectivity index is 2.29. The molecule has 0 saturated heterocycles. The van der Waals surface area contributed by atoms with E-state index >= 15 is 0 Å². The number of rotatable bonds is 6. The summed E-state index contributed by atoms with van der Waals surface area (Å²) in [6.45, 7) is 2.33. The van der Waals surface area contributed by atoms with Crippen molar-refractivity contribution in [2.45, 2.75) is 32.6 Å². The molecule has 1 amide bonds. The average molecular weight is 351 g/mol. The first-order valence-electron chi connectivity index (χ1n) is 7.88. The normalized spacial score (nSPS) is 10.6. The van der Waals surface area contributed by atoms with Crippen LogP contribution in [0.5, 0.6) is 0 Å². The van der Waals surface area contributed by atoms with E-state index in [1.165, 1.54) is 18.4 Å². The first-order valence-corrected chi connectivity index (χ1v) is 7.88. The average Bonchev–Trinajstić information content (AvgIpc) is 3.12. The van der Waals surface area contributed by atoms with Gasteiger partial charge in [-0.15, -0.1) is 0 Å². The summed E-state index contributed by atoms with van der Waals surface area (Å²) in [5.74, 6) is -2.87. The largest absolute Gasteiger partial charge is 0.459 e. The van der Waals surface area contributed by atoms with Crippen LogP contribution in [0.15, 0.2) is 38.6 Å². The molecule has 0 fully saturated rings. The van der Waals surface area contributed by atoms with E-state index in [1.54, 1.807) is 0 Å². The van der Waals surface area contributed by atoms with E-state index in [-0.39, 0.29) is 16.9 Å². The number of amides is 1. The van der Waals surface area contributed by atoms with Gasteiger partial charge in [0.2, 0.25) is 5.82 Å². The lowest BCUT2D eigenvalue weighted by Crippen LogP contribution is -2.48. The molecule has 9 heteroatoms. The zero-order valence-electron chi connectivity index (χ0n) is 13.7.